The summed E-state index contributed by atoms with van der Waals surface area (Å²) < 4.78 is 28.1. The van der Waals surface area contributed by atoms with Gasteiger partial charge in [0.25, 0.3) is 5.91 Å². The summed E-state index contributed by atoms with van der Waals surface area (Å²) in [4.78, 5) is 17.0. The van der Waals surface area contributed by atoms with E-state index in [1.807, 2.05) is 4.90 Å². The van der Waals surface area contributed by atoms with E-state index < -0.39 is 10.0 Å². The number of sulfonamides is 1. The van der Waals surface area contributed by atoms with Crippen LogP contribution in [0.1, 0.15) is 36.0 Å². The van der Waals surface area contributed by atoms with Gasteiger partial charge in [0.15, 0.2) is 0 Å². The Balaban J connectivity index is 1.54. The van der Waals surface area contributed by atoms with E-state index in [-0.39, 0.29) is 10.8 Å². The lowest BCUT2D eigenvalue weighted by atomic mass is 9.98. The molecule has 0 unspecified atom stereocenters. The number of hydrogen-bond donors (Lipinski definition) is 1. The monoisotopic (exact) mass is 381 g/mol. The minimum Gasteiger partial charge on any atom is -0.381 e. The molecular weight excluding hydrogens is 354 g/mol. The van der Waals surface area contributed by atoms with E-state index >= 15 is 0 Å². The van der Waals surface area contributed by atoms with Crippen molar-refractivity contribution >= 4 is 15.9 Å². The molecule has 2 fully saturated rings. The molecule has 1 aromatic carbocycles. The van der Waals surface area contributed by atoms with Crippen molar-refractivity contribution < 1.29 is 17.9 Å². The Morgan fingerprint density at radius 3 is 2.12 bits per heavy atom. The number of primary sulfonamides is 1. The van der Waals surface area contributed by atoms with Gasteiger partial charge in [0, 0.05) is 44.9 Å². The number of nitrogens with two attached hydrogens (primary N) is 1. The first-order chi connectivity index (χ1) is 12.4. The van der Waals surface area contributed by atoms with Crippen LogP contribution in [0.4, 0.5) is 0 Å². The summed E-state index contributed by atoms with van der Waals surface area (Å²) in [6.07, 6.45) is 4.48. The van der Waals surface area contributed by atoms with Crippen molar-refractivity contribution in [2.75, 3.05) is 33.3 Å². The van der Waals surface area contributed by atoms with Gasteiger partial charge >= 0.3 is 0 Å². The normalized spacial score (nSPS) is 21.1. The quantitative estimate of drug-likeness (QED) is 0.841. The fourth-order valence-corrected chi connectivity index (χ4v) is 4.40. The van der Waals surface area contributed by atoms with Crippen molar-refractivity contribution in [3.05, 3.63) is 29.8 Å². The first-order valence-electron chi connectivity index (χ1n) is 9.07. The molecule has 0 aromatic heterocycles. The van der Waals surface area contributed by atoms with Crippen LogP contribution in [0.3, 0.4) is 0 Å². The predicted octanol–water partition coefficient (Wildman–Crippen LogP) is 1.05. The van der Waals surface area contributed by atoms with Crippen molar-refractivity contribution in [2.45, 2.75) is 42.7 Å². The maximum Gasteiger partial charge on any atom is 0.253 e. The highest BCUT2D eigenvalue weighted by atomic mass is 32.2. The molecule has 0 atom stereocenters. The van der Waals surface area contributed by atoms with Crippen molar-refractivity contribution in [3.8, 4) is 0 Å². The third-order valence-electron chi connectivity index (χ3n) is 5.51. The largest absolute Gasteiger partial charge is 0.381 e. The van der Waals surface area contributed by atoms with Crippen molar-refractivity contribution in [1.29, 1.82) is 0 Å². The van der Waals surface area contributed by atoms with Crippen LogP contribution in [-0.2, 0) is 14.8 Å². The molecule has 0 spiro atoms. The lowest BCUT2D eigenvalue weighted by molar-refractivity contribution is 0.0145. The Kier molecular flexibility index (Phi) is 5.96. The van der Waals surface area contributed by atoms with E-state index in [1.165, 1.54) is 24.3 Å². The number of carbonyl (C=O) groups excluding carboxylic acids is 1. The van der Waals surface area contributed by atoms with E-state index in [1.54, 1.807) is 7.11 Å². The fraction of sp³-hybridized carbons (Fsp3) is 0.611. The maximum absolute atomic E-state index is 12.6. The molecule has 1 aromatic rings. The van der Waals surface area contributed by atoms with Gasteiger partial charge in [0.05, 0.1) is 11.0 Å². The van der Waals surface area contributed by atoms with Gasteiger partial charge in [-0.25, -0.2) is 13.6 Å². The number of nitrogens with zero attached hydrogens (tertiary/aromatic N) is 2. The number of hydrogen-bond acceptors (Lipinski definition) is 5. The average Bonchev–Trinajstić information content (AvgIpc) is 2.67. The molecule has 1 amide bonds. The Morgan fingerprint density at radius 2 is 1.62 bits per heavy atom. The molecule has 144 valence electrons. The number of methoxy groups -OCH3 is 1. The van der Waals surface area contributed by atoms with E-state index in [2.05, 4.69) is 4.90 Å². The van der Waals surface area contributed by atoms with Crippen LogP contribution in [0.5, 0.6) is 0 Å². The highest BCUT2D eigenvalue weighted by molar-refractivity contribution is 7.89. The van der Waals surface area contributed by atoms with Crippen LogP contribution in [0.2, 0.25) is 0 Å². The lowest BCUT2D eigenvalue weighted by Crippen LogP contribution is -2.49. The number of carbonyl (C=O) groups is 1. The summed E-state index contributed by atoms with van der Waals surface area (Å²) in [6, 6.07) is 6.36. The van der Waals surface area contributed by atoms with Crippen molar-refractivity contribution in [3.63, 3.8) is 0 Å². The summed E-state index contributed by atoms with van der Waals surface area (Å²) in [5, 5.41) is 5.09. The van der Waals surface area contributed by atoms with Crippen LogP contribution in [0.25, 0.3) is 0 Å². The number of piperidine rings is 2. The molecule has 2 saturated heterocycles. The molecule has 2 aliphatic heterocycles. The van der Waals surface area contributed by atoms with Gasteiger partial charge in [-0.15, -0.1) is 0 Å². The SMILES string of the molecule is COC1CCN(C2CCN(C(=O)c3ccc(S(N)(=O)=O)cc3)CC2)CC1. The van der Waals surface area contributed by atoms with Crippen molar-refractivity contribution in [1.82, 2.24) is 9.80 Å². The first-order valence-corrected chi connectivity index (χ1v) is 10.6. The molecule has 0 radical (unpaired) electrons. The second kappa shape index (κ2) is 8.04. The minimum atomic E-state index is -3.74. The van der Waals surface area contributed by atoms with E-state index in [0.717, 1.165) is 51.9 Å². The van der Waals surface area contributed by atoms with Crippen LogP contribution < -0.4 is 5.14 Å². The molecule has 2 aliphatic rings. The number of rotatable bonds is 4. The number of benzene rings is 1. The second-order valence-corrected chi connectivity index (χ2v) is 8.63. The number of likely N-dealkylation sites (tertiary alicyclic amines) is 2. The summed E-state index contributed by atoms with van der Waals surface area (Å²) in [5.41, 5.74) is 0.497. The van der Waals surface area contributed by atoms with Gasteiger partial charge in [-0.05, 0) is 49.9 Å². The van der Waals surface area contributed by atoms with Gasteiger partial charge in [-0.1, -0.05) is 0 Å². The third kappa shape index (κ3) is 4.43. The summed E-state index contributed by atoms with van der Waals surface area (Å²) in [7, 11) is -1.96. The van der Waals surface area contributed by atoms with Gasteiger partial charge in [-0.3, -0.25) is 4.79 Å². The molecular formula is C18H27N3O4S. The van der Waals surface area contributed by atoms with E-state index in [4.69, 9.17) is 9.88 Å². The van der Waals surface area contributed by atoms with Crippen LogP contribution in [-0.4, -0.2) is 69.6 Å². The standard InChI is InChI=1S/C18H27N3O4S/c1-25-16-8-12-20(13-9-16)15-6-10-21(11-7-15)18(22)14-2-4-17(5-3-14)26(19,23)24/h2-5,15-16H,6-13H2,1H3,(H2,19,23,24). The van der Waals surface area contributed by atoms with Crippen molar-refractivity contribution in [2.24, 2.45) is 5.14 Å². The summed E-state index contributed by atoms with van der Waals surface area (Å²) >= 11 is 0. The average molecular weight is 381 g/mol. The Hall–Kier alpha value is -1.48. The number of amides is 1. The molecule has 7 nitrogen and oxygen atoms in total. The fourth-order valence-electron chi connectivity index (χ4n) is 3.88. The number of ether oxygens (including phenoxy) is 1. The van der Waals surface area contributed by atoms with E-state index in [0.29, 0.717) is 17.7 Å². The molecule has 0 aliphatic carbocycles. The Labute approximate surface area is 155 Å². The summed E-state index contributed by atoms with van der Waals surface area (Å²) in [6.45, 7) is 3.58. The van der Waals surface area contributed by atoms with Gasteiger partial charge in [0.1, 0.15) is 0 Å². The van der Waals surface area contributed by atoms with Crippen LogP contribution in [0, 0.1) is 0 Å². The zero-order valence-corrected chi connectivity index (χ0v) is 16.0. The van der Waals surface area contributed by atoms with Crippen LogP contribution in [0.15, 0.2) is 29.2 Å². The maximum atomic E-state index is 12.6. The van der Waals surface area contributed by atoms with Gasteiger partial charge < -0.3 is 14.5 Å². The van der Waals surface area contributed by atoms with Gasteiger partial charge in [-0.2, -0.15) is 0 Å². The molecule has 8 heteroatoms. The van der Waals surface area contributed by atoms with E-state index in [9.17, 15) is 13.2 Å². The topological polar surface area (TPSA) is 92.9 Å². The zero-order chi connectivity index (χ0) is 18.7. The Morgan fingerprint density at radius 1 is 1.04 bits per heavy atom. The second-order valence-electron chi connectivity index (χ2n) is 7.06. The smallest absolute Gasteiger partial charge is 0.253 e. The minimum absolute atomic E-state index is 0.0206. The third-order valence-corrected chi connectivity index (χ3v) is 6.44. The molecule has 2 heterocycles. The van der Waals surface area contributed by atoms with Gasteiger partial charge in [0.2, 0.25) is 10.0 Å². The van der Waals surface area contributed by atoms with Crippen LogP contribution >= 0.6 is 0 Å². The molecule has 3 rings (SSSR count). The summed E-state index contributed by atoms with van der Waals surface area (Å²) in [5.74, 6) is -0.0532. The molecule has 26 heavy (non-hydrogen) atoms. The highest BCUT2D eigenvalue weighted by Crippen LogP contribution is 2.23. The molecule has 2 N–H and O–H groups in total. The molecule has 0 bridgehead atoms. The molecule has 0 saturated carbocycles. The Bertz CT molecular complexity index is 719. The predicted molar refractivity (Wildman–Crippen MR) is 98.3 cm³/mol. The zero-order valence-electron chi connectivity index (χ0n) is 15.1. The highest BCUT2D eigenvalue weighted by Gasteiger charge is 2.30. The first kappa shape index (κ1) is 19.3. The lowest BCUT2D eigenvalue weighted by Gasteiger charge is -2.41.